The number of benzene rings is 1. The van der Waals surface area contributed by atoms with Gasteiger partial charge in [-0.3, -0.25) is 4.40 Å². The van der Waals surface area contributed by atoms with E-state index in [4.69, 9.17) is 0 Å². The third kappa shape index (κ3) is 1.36. The smallest absolute Gasteiger partial charge is 0.194 e. The first kappa shape index (κ1) is 9.60. The largest absolute Gasteiger partial charge is 0.290 e. The molecule has 0 saturated heterocycles. The Kier molecular flexibility index (Phi) is 2.07. The standard InChI is InChI=1S/C13H12N2S/c1-9-3-4-10(2)11(7-9)12-8-16-13-14-5-6-15(12)13/h3-8H,1-2H3. The van der Waals surface area contributed by atoms with Crippen molar-refractivity contribution in [3.05, 3.63) is 47.1 Å². The Morgan fingerprint density at radius 2 is 2.12 bits per heavy atom. The van der Waals surface area contributed by atoms with E-state index < -0.39 is 0 Å². The molecule has 0 saturated carbocycles. The first-order valence-electron chi connectivity index (χ1n) is 5.24. The molecule has 0 aliphatic rings. The van der Waals surface area contributed by atoms with Gasteiger partial charge in [0.2, 0.25) is 0 Å². The number of rotatable bonds is 1. The molecule has 0 aliphatic carbocycles. The second-order valence-electron chi connectivity index (χ2n) is 4.02. The van der Waals surface area contributed by atoms with E-state index in [0.29, 0.717) is 0 Å². The van der Waals surface area contributed by atoms with Crippen LogP contribution in [-0.2, 0) is 0 Å². The number of aryl methyl sites for hydroxylation is 2. The zero-order chi connectivity index (χ0) is 11.1. The minimum absolute atomic E-state index is 1.05. The fourth-order valence-corrected chi connectivity index (χ4v) is 2.78. The van der Waals surface area contributed by atoms with E-state index in [9.17, 15) is 0 Å². The lowest BCUT2D eigenvalue weighted by atomic mass is 10.0. The lowest BCUT2D eigenvalue weighted by molar-refractivity contribution is 1.22. The van der Waals surface area contributed by atoms with Crippen molar-refractivity contribution in [1.82, 2.24) is 9.38 Å². The average Bonchev–Trinajstić information content (AvgIpc) is 2.83. The molecule has 3 heteroatoms. The summed E-state index contributed by atoms with van der Waals surface area (Å²) in [7, 11) is 0. The van der Waals surface area contributed by atoms with E-state index in [1.807, 2.05) is 12.4 Å². The summed E-state index contributed by atoms with van der Waals surface area (Å²) >= 11 is 1.68. The van der Waals surface area contributed by atoms with Gasteiger partial charge in [0, 0.05) is 23.3 Å². The van der Waals surface area contributed by atoms with Gasteiger partial charge in [0.15, 0.2) is 4.96 Å². The van der Waals surface area contributed by atoms with Crippen molar-refractivity contribution in [2.45, 2.75) is 13.8 Å². The van der Waals surface area contributed by atoms with Crippen molar-refractivity contribution in [3.63, 3.8) is 0 Å². The number of fused-ring (bicyclic) bond motifs is 1. The van der Waals surface area contributed by atoms with Gasteiger partial charge in [-0.15, -0.1) is 11.3 Å². The fraction of sp³-hybridized carbons (Fsp3) is 0.154. The normalized spacial score (nSPS) is 11.1. The summed E-state index contributed by atoms with van der Waals surface area (Å²) in [6.45, 7) is 4.27. The van der Waals surface area contributed by atoms with E-state index >= 15 is 0 Å². The van der Waals surface area contributed by atoms with Crippen LogP contribution in [0.3, 0.4) is 0 Å². The molecule has 16 heavy (non-hydrogen) atoms. The molecule has 0 bridgehead atoms. The van der Waals surface area contributed by atoms with Crippen LogP contribution < -0.4 is 0 Å². The molecule has 2 heterocycles. The SMILES string of the molecule is Cc1ccc(C)c(-c2csc3nccn23)c1. The van der Waals surface area contributed by atoms with Gasteiger partial charge >= 0.3 is 0 Å². The summed E-state index contributed by atoms with van der Waals surface area (Å²) in [5.74, 6) is 0. The summed E-state index contributed by atoms with van der Waals surface area (Å²) in [4.78, 5) is 5.35. The molecule has 0 radical (unpaired) electrons. The Hall–Kier alpha value is -1.61. The van der Waals surface area contributed by atoms with E-state index in [-0.39, 0.29) is 0 Å². The lowest BCUT2D eigenvalue weighted by Crippen LogP contribution is -1.88. The Morgan fingerprint density at radius 3 is 3.00 bits per heavy atom. The van der Waals surface area contributed by atoms with Gasteiger partial charge in [-0.1, -0.05) is 17.7 Å². The third-order valence-corrected chi connectivity index (χ3v) is 3.67. The van der Waals surface area contributed by atoms with Crippen LogP contribution >= 0.6 is 11.3 Å². The van der Waals surface area contributed by atoms with Crippen molar-refractivity contribution in [3.8, 4) is 11.3 Å². The molecule has 0 fully saturated rings. The first-order chi connectivity index (χ1) is 7.75. The second kappa shape index (κ2) is 3.46. The lowest BCUT2D eigenvalue weighted by Gasteiger charge is -2.05. The quantitative estimate of drug-likeness (QED) is 0.621. The zero-order valence-electron chi connectivity index (χ0n) is 9.27. The Morgan fingerprint density at radius 1 is 1.25 bits per heavy atom. The molecule has 80 valence electrons. The number of aromatic nitrogens is 2. The molecular weight excluding hydrogens is 216 g/mol. The fourth-order valence-electron chi connectivity index (χ4n) is 1.93. The van der Waals surface area contributed by atoms with Crippen LogP contribution in [0.15, 0.2) is 36.0 Å². The van der Waals surface area contributed by atoms with E-state index in [1.54, 1.807) is 11.3 Å². The molecule has 0 N–H and O–H groups in total. The highest BCUT2D eigenvalue weighted by Crippen LogP contribution is 2.28. The van der Waals surface area contributed by atoms with Crippen molar-refractivity contribution in [1.29, 1.82) is 0 Å². The van der Waals surface area contributed by atoms with Gasteiger partial charge in [-0.05, 0) is 25.5 Å². The van der Waals surface area contributed by atoms with Crippen LogP contribution in [-0.4, -0.2) is 9.38 Å². The van der Waals surface area contributed by atoms with Crippen LogP contribution in [0.25, 0.3) is 16.2 Å². The monoisotopic (exact) mass is 228 g/mol. The molecule has 0 unspecified atom stereocenters. The number of hydrogen-bond donors (Lipinski definition) is 0. The van der Waals surface area contributed by atoms with Crippen molar-refractivity contribution < 1.29 is 0 Å². The molecule has 0 atom stereocenters. The molecule has 0 amide bonds. The maximum atomic E-state index is 4.30. The summed E-state index contributed by atoms with van der Waals surface area (Å²) in [5, 5.41) is 2.17. The maximum Gasteiger partial charge on any atom is 0.194 e. The molecule has 0 spiro atoms. The molecule has 2 aromatic heterocycles. The minimum atomic E-state index is 1.05. The Labute approximate surface area is 98.2 Å². The summed E-state index contributed by atoms with van der Waals surface area (Å²) in [5.41, 5.74) is 5.13. The Bertz CT molecular complexity index is 649. The predicted octanol–water partition coefficient (Wildman–Crippen LogP) is 3.68. The van der Waals surface area contributed by atoms with Gasteiger partial charge in [-0.25, -0.2) is 4.98 Å². The van der Waals surface area contributed by atoms with E-state index in [1.165, 1.54) is 22.4 Å². The average molecular weight is 228 g/mol. The number of nitrogens with zero attached hydrogens (tertiary/aromatic N) is 2. The molecule has 1 aromatic carbocycles. The summed E-state index contributed by atoms with van der Waals surface area (Å²) in [6, 6.07) is 6.55. The van der Waals surface area contributed by atoms with Crippen LogP contribution in [0.4, 0.5) is 0 Å². The van der Waals surface area contributed by atoms with Gasteiger partial charge in [0.05, 0.1) is 5.69 Å². The molecule has 2 nitrogen and oxygen atoms in total. The van der Waals surface area contributed by atoms with Gasteiger partial charge in [0.25, 0.3) is 0 Å². The molecule has 3 rings (SSSR count). The van der Waals surface area contributed by atoms with Crippen molar-refractivity contribution in [2.75, 3.05) is 0 Å². The highest BCUT2D eigenvalue weighted by atomic mass is 32.1. The Balaban J connectivity index is 2.30. The van der Waals surface area contributed by atoms with E-state index in [0.717, 1.165) is 4.96 Å². The first-order valence-corrected chi connectivity index (χ1v) is 6.12. The summed E-state index contributed by atoms with van der Waals surface area (Å²) in [6.07, 6.45) is 3.86. The van der Waals surface area contributed by atoms with Crippen molar-refractivity contribution in [2.24, 2.45) is 0 Å². The van der Waals surface area contributed by atoms with Gasteiger partial charge in [0.1, 0.15) is 0 Å². The van der Waals surface area contributed by atoms with Crippen molar-refractivity contribution >= 4 is 16.3 Å². The van der Waals surface area contributed by atoms with Crippen LogP contribution in [0.2, 0.25) is 0 Å². The third-order valence-electron chi connectivity index (χ3n) is 2.81. The maximum absolute atomic E-state index is 4.30. The van der Waals surface area contributed by atoms with Gasteiger partial charge in [-0.2, -0.15) is 0 Å². The second-order valence-corrected chi connectivity index (χ2v) is 4.86. The summed E-state index contributed by atoms with van der Waals surface area (Å²) < 4.78 is 2.15. The predicted molar refractivity (Wildman–Crippen MR) is 68.0 cm³/mol. The van der Waals surface area contributed by atoms with E-state index in [2.05, 4.69) is 46.8 Å². The van der Waals surface area contributed by atoms with Crippen LogP contribution in [0.1, 0.15) is 11.1 Å². The van der Waals surface area contributed by atoms with Gasteiger partial charge < -0.3 is 0 Å². The minimum Gasteiger partial charge on any atom is -0.290 e. The number of imidazole rings is 1. The number of hydrogen-bond acceptors (Lipinski definition) is 2. The highest BCUT2D eigenvalue weighted by molar-refractivity contribution is 7.15. The molecule has 0 aliphatic heterocycles. The molecular formula is C13H12N2S. The zero-order valence-corrected chi connectivity index (χ0v) is 10.1. The molecule has 3 aromatic rings. The van der Waals surface area contributed by atoms with Crippen LogP contribution in [0, 0.1) is 13.8 Å². The number of thiazole rings is 1. The topological polar surface area (TPSA) is 17.3 Å². The van der Waals surface area contributed by atoms with Crippen LogP contribution in [0.5, 0.6) is 0 Å². The highest BCUT2D eigenvalue weighted by Gasteiger charge is 2.08.